The highest BCUT2D eigenvalue weighted by Gasteiger charge is 2.18. The van der Waals surface area contributed by atoms with Crippen molar-refractivity contribution in [1.29, 1.82) is 0 Å². The first-order valence-electron chi connectivity index (χ1n) is 6.79. The number of esters is 1. The van der Waals surface area contributed by atoms with Crippen LogP contribution in [0.1, 0.15) is 32.6 Å². The van der Waals surface area contributed by atoms with Crippen LogP contribution in [-0.2, 0) is 19.1 Å². The van der Waals surface area contributed by atoms with Gasteiger partial charge in [0.15, 0.2) is 0 Å². The van der Waals surface area contributed by atoms with Crippen molar-refractivity contribution in [3.05, 3.63) is 12.2 Å². The Kier molecular flexibility index (Phi) is 7.18. The highest BCUT2D eigenvalue weighted by Crippen LogP contribution is 2.10. The van der Waals surface area contributed by atoms with Crippen molar-refractivity contribution in [2.24, 2.45) is 0 Å². The number of amides is 1. The number of carbonyl (C=O) groups excluding carboxylic acids is 2. The van der Waals surface area contributed by atoms with Gasteiger partial charge in [-0.25, -0.2) is 4.79 Å². The lowest BCUT2D eigenvalue weighted by Crippen LogP contribution is -2.25. The maximum absolute atomic E-state index is 11.3. The Labute approximate surface area is 114 Å². The van der Waals surface area contributed by atoms with Gasteiger partial charge in [0, 0.05) is 31.7 Å². The zero-order valence-electron chi connectivity index (χ0n) is 11.7. The fourth-order valence-corrected chi connectivity index (χ4v) is 1.87. The number of rotatable bonds is 9. The predicted octanol–water partition coefficient (Wildman–Crippen LogP) is 1.52. The van der Waals surface area contributed by atoms with Crippen molar-refractivity contribution in [3.63, 3.8) is 0 Å². The van der Waals surface area contributed by atoms with E-state index in [0.717, 1.165) is 32.4 Å². The van der Waals surface area contributed by atoms with Crippen LogP contribution in [0.25, 0.3) is 0 Å². The molecular formula is C14H23NO4. The Balaban J connectivity index is 1.87. The first-order chi connectivity index (χ1) is 9.11. The molecule has 5 nitrogen and oxygen atoms in total. The molecule has 0 N–H and O–H groups in total. The van der Waals surface area contributed by atoms with E-state index < -0.39 is 0 Å². The van der Waals surface area contributed by atoms with Crippen LogP contribution in [0.3, 0.4) is 0 Å². The minimum atomic E-state index is -0.379. The molecule has 19 heavy (non-hydrogen) atoms. The van der Waals surface area contributed by atoms with Gasteiger partial charge in [-0.15, -0.1) is 0 Å². The van der Waals surface area contributed by atoms with Crippen molar-refractivity contribution in [2.45, 2.75) is 32.6 Å². The summed E-state index contributed by atoms with van der Waals surface area (Å²) in [5, 5.41) is 0. The smallest absolute Gasteiger partial charge is 0.333 e. The molecule has 0 bridgehead atoms. The van der Waals surface area contributed by atoms with E-state index in [1.807, 2.05) is 4.90 Å². The van der Waals surface area contributed by atoms with Crippen molar-refractivity contribution in [2.75, 3.05) is 32.9 Å². The quantitative estimate of drug-likeness (QED) is 0.362. The largest absolute Gasteiger partial charge is 0.460 e. The van der Waals surface area contributed by atoms with Crippen molar-refractivity contribution in [1.82, 2.24) is 4.90 Å². The lowest BCUT2D eigenvalue weighted by molar-refractivity contribution is -0.140. The van der Waals surface area contributed by atoms with Gasteiger partial charge in [0.05, 0.1) is 6.61 Å². The fraction of sp³-hybridized carbons (Fsp3) is 0.714. The van der Waals surface area contributed by atoms with Gasteiger partial charge in [0.25, 0.3) is 0 Å². The molecule has 0 radical (unpaired) electrons. The third-order valence-corrected chi connectivity index (χ3v) is 2.95. The molecule has 0 aromatic carbocycles. The second-order valence-corrected chi connectivity index (χ2v) is 4.72. The summed E-state index contributed by atoms with van der Waals surface area (Å²) in [6.07, 6.45) is 3.56. The molecule has 1 saturated heterocycles. The van der Waals surface area contributed by atoms with Gasteiger partial charge < -0.3 is 14.4 Å². The SMILES string of the molecule is C=C(C)C(=O)OCCOCCCCN1CCCC1=O. The van der Waals surface area contributed by atoms with Crippen molar-refractivity contribution < 1.29 is 19.1 Å². The van der Waals surface area contributed by atoms with E-state index in [9.17, 15) is 9.59 Å². The van der Waals surface area contributed by atoms with E-state index >= 15 is 0 Å². The number of hydrogen-bond donors (Lipinski definition) is 0. The minimum Gasteiger partial charge on any atom is -0.460 e. The summed E-state index contributed by atoms with van der Waals surface area (Å²) in [4.78, 5) is 24.3. The molecule has 1 amide bonds. The highest BCUT2D eigenvalue weighted by molar-refractivity contribution is 5.86. The summed E-state index contributed by atoms with van der Waals surface area (Å²) in [5.41, 5.74) is 0.398. The number of hydrogen-bond acceptors (Lipinski definition) is 4. The number of ether oxygens (including phenoxy) is 2. The van der Waals surface area contributed by atoms with E-state index in [4.69, 9.17) is 9.47 Å². The van der Waals surface area contributed by atoms with Crippen molar-refractivity contribution in [3.8, 4) is 0 Å². The highest BCUT2D eigenvalue weighted by atomic mass is 16.6. The standard InChI is InChI=1S/C14H23NO4/c1-12(2)14(17)19-11-10-18-9-4-3-7-15-8-5-6-13(15)16/h1,3-11H2,2H3. The van der Waals surface area contributed by atoms with Gasteiger partial charge in [-0.3, -0.25) is 4.79 Å². The second-order valence-electron chi connectivity index (χ2n) is 4.72. The van der Waals surface area contributed by atoms with Crippen molar-refractivity contribution >= 4 is 11.9 Å². The molecule has 0 aromatic rings. The summed E-state index contributed by atoms with van der Waals surface area (Å²) in [6.45, 7) is 8.13. The molecule has 0 atom stereocenters. The summed E-state index contributed by atoms with van der Waals surface area (Å²) < 4.78 is 10.2. The lowest BCUT2D eigenvalue weighted by Gasteiger charge is -2.14. The van der Waals surface area contributed by atoms with E-state index in [2.05, 4.69) is 6.58 Å². The minimum absolute atomic E-state index is 0.260. The molecule has 0 saturated carbocycles. The van der Waals surface area contributed by atoms with Gasteiger partial charge in [0.1, 0.15) is 6.61 Å². The van der Waals surface area contributed by atoms with Gasteiger partial charge in [-0.2, -0.15) is 0 Å². The average molecular weight is 269 g/mol. The molecule has 5 heteroatoms. The van der Waals surface area contributed by atoms with Crippen LogP contribution in [0.4, 0.5) is 0 Å². The average Bonchev–Trinajstić information content (AvgIpc) is 2.78. The lowest BCUT2D eigenvalue weighted by atomic mass is 10.3. The Morgan fingerprint density at radius 2 is 2.11 bits per heavy atom. The molecule has 108 valence electrons. The zero-order valence-corrected chi connectivity index (χ0v) is 11.7. The second kappa shape index (κ2) is 8.69. The Hall–Kier alpha value is -1.36. The molecule has 0 spiro atoms. The summed E-state index contributed by atoms with van der Waals surface area (Å²) in [6, 6.07) is 0. The van der Waals surface area contributed by atoms with Crippen LogP contribution in [-0.4, -0.2) is 49.7 Å². The van der Waals surface area contributed by atoms with Crippen LogP contribution in [0.5, 0.6) is 0 Å². The number of unbranched alkanes of at least 4 members (excludes halogenated alkanes) is 1. The van der Waals surface area contributed by atoms with Gasteiger partial charge in [0.2, 0.25) is 5.91 Å². The number of carbonyl (C=O) groups is 2. The molecule has 1 fully saturated rings. The first-order valence-corrected chi connectivity index (χ1v) is 6.79. The fourth-order valence-electron chi connectivity index (χ4n) is 1.87. The Morgan fingerprint density at radius 3 is 2.74 bits per heavy atom. The monoisotopic (exact) mass is 269 g/mol. The molecule has 0 aliphatic carbocycles. The first kappa shape index (κ1) is 15.7. The van der Waals surface area contributed by atoms with Crippen LogP contribution in [0.2, 0.25) is 0 Å². The van der Waals surface area contributed by atoms with E-state index in [-0.39, 0.29) is 18.5 Å². The Bertz CT molecular complexity index is 327. The molecular weight excluding hydrogens is 246 g/mol. The van der Waals surface area contributed by atoms with Crippen LogP contribution in [0.15, 0.2) is 12.2 Å². The summed E-state index contributed by atoms with van der Waals surface area (Å²) >= 11 is 0. The van der Waals surface area contributed by atoms with Crippen LogP contribution in [0, 0.1) is 0 Å². The Morgan fingerprint density at radius 1 is 1.32 bits per heavy atom. The number of likely N-dealkylation sites (tertiary alicyclic amines) is 1. The molecule has 0 unspecified atom stereocenters. The summed E-state index contributed by atoms with van der Waals surface area (Å²) in [7, 11) is 0. The summed E-state index contributed by atoms with van der Waals surface area (Å²) in [5.74, 6) is -0.108. The predicted molar refractivity (Wildman–Crippen MR) is 71.6 cm³/mol. The van der Waals surface area contributed by atoms with Crippen LogP contribution < -0.4 is 0 Å². The molecule has 1 heterocycles. The number of nitrogens with zero attached hydrogens (tertiary/aromatic N) is 1. The topological polar surface area (TPSA) is 55.8 Å². The normalized spacial score (nSPS) is 14.8. The zero-order chi connectivity index (χ0) is 14.1. The molecule has 1 aliphatic rings. The van der Waals surface area contributed by atoms with Gasteiger partial charge >= 0.3 is 5.97 Å². The molecule has 1 rings (SSSR count). The van der Waals surface area contributed by atoms with Gasteiger partial charge in [-0.05, 0) is 26.2 Å². The molecule has 0 aromatic heterocycles. The molecule has 1 aliphatic heterocycles. The maximum atomic E-state index is 11.3. The van der Waals surface area contributed by atoms with E-state index in [1.165, 1.54) is 0 Å². The third-order valence-electron chi connectivity index (χ3n) is 2.95. The van der Waals surface area contributed by atoms with Crippen LogP contribution >= 0.6 is 0 Å². The van der Waals surface area contributed by atoms with E-state index in [0.29, 0.717) is 25.2 Å². The van der Waals surface area contributed by atoms with Gasteiger partial charge in [-0.1, -0.05) is 6.58 Å². The maximum Gasteiger partial charge on any atom is 0.333 e. The van der Waals surface area contributed by atoms with E-state index in [1.54, 1.807) is 6.92 Å². The third kappa shape index (κ3) is 6.38.